The summed E-state index contributed by atoms with van der Waals surface area (Å²) in [4.78, 5) is 0. The van der Waals surface area contributed by atoms with Gasteiger partial charge >= 0.3 is 0 Å². The molecule has 76 valence electrons. The molecule has 0 saturated heterocycles. The molecule has 1 aromatic carbocycles. The third kappa shape index (κ3) is 2.14. The van der Waals surface area contributed by atoms with Crippen LogP contribution in [0.4, 0.5) is 0 Å². The van der Waals surface area contributed by atoms with Crippen LogP contribution in [-0.2, 0) is 6.42 Å². The molecular formula is C12H17NO. The monoisotopic (exact) mass is 191 g/mol. The zero-order valence-electron chi connectivity index (χ0n) is 8.32. The molecule has 2 rings (SSSR count). The topological polar surface area (TPSA) is 46.2 Å². The first-order valence-electron chi connectivity index (χ1n) is 5.20. The maximum atomic E-state index is 10.2. The molecule has 2 atom stereocenters. The van der Waals surface area contributed by atoms with E-state index in [9.17, 15) is 5.11 Å². The summed E-state index contributed by atoms with van der Waals surface area (Å²) in [6, 6.07) is 10.3. The fourth-order valence-corrected chi connectivity index (χ4v) is 2.28. The van der Waals surface area contributed by atoms with Crippen LogP contribution in [0.3, 0.4) is 0 Å². The van der Waals surface area contributed by atoms with Crippen LogP contribution in [0.1, 0.15) is 24.8 Å². The third-order valence-electron chi connectivity index (χ3n) is 3.00. The Hall–Kier alpha value is -0.860. The van der Waals surface area contributed by atoms with E-state index in [1.54, 1.807) is 0 Å². The molecule has 1 aliphatic rings. The van der Waals surface area contributed by atoms with Crippen LogP contribution in [0.2, 0.25) is 0 Å². The Kier molecular flexibility index (Phi) is 2.57. The first-order chi connectivity index (χ1) is 6.68. The number of hydrogen-bond donors (Lipinski definition) is 2. The fraction of sp³-hybridized carbons (Fsp3) is 0.500. The lowest BCUT2D eigenvalue weighted by atomic mass is 9.93. The lowest BCUT2D eigenvalue weighted by molar-refractivity contribution is 0.0469. The standard InChI is InChI=1S/C12H17NO/c13-11-6-7-12(14,9-11)8-10-4-2-1-3-5-10/h1-5,11,14H,6-9,13H2. The quantitative estimate of drug-likeness (QED) is 0.743. The van der Waals surface area contributed by atoms with E-state index in [-0.39, 0.29) is 6.04 Å². The molecule has 14 heavy (non-hydrogen) atoms. The lowest BCUT2D eigenvalue weighted by Gasteiger charge is -2.22. The summed E-state index contributed by atoms with van der Waals surface area (Å²) in [5.74, 6) is 0. The summed E-state index contributed by atoms with van der Waals surface area (Å²) in [5.41, 5.74) is 6.45. The molecule has 0 amide bonds. The number of hydrogen-bond acceptors (Lipinski definition) is 2. The van der Waals surface area contributed by atoms with Crippen LogP contribution in [0.15, 0.2) is 30.3 Å². The van der Waals surface area contributed by atoms with E-state index in [2.05, 4.69) is 12.1 Å². The minimum atomic E-state index is -0.555. The minimum absolute atomic E-state index is 0.184. The van der Waals surface area contributed by atoms with Gasteiger partial charge in [-0.25, -0.2) is 0 Å². The van der Waals surface area contributed by atoms with Crippen LogP contribution < -0.4 is 5.73 Å². The van der Waals surface area contributed by atoms with Gasteiger partial charge in [-0.1, -0.05) is 30.3 Å². The van der Waals surface area contributed by atoms with Crippen molar-refractivity contribution in [1.29, 1.82) is 0 Å². The Morgan fingerprint density at radius 3 is 2.64 bits per heavy atom. The number of benzene rings is 1. The van der Waals surface area contributed by atoms with E-state index in [0.29, 0.717) is 0 Å². The van der Waals surface area contributed by atoms with Gasteiger partial charge in [-0.2, -0.15) is 0 Å². The summed E-state index contributed by atoms with van der Waals surface area (Å²) in [7, 11) is 0. The first-order valence-corrected chi connectivity index (χ1v) is 5.20. The Bertz CT molecular complexity index is 298. The van der Waals surface area contributed by atoms with Gasteiger partial charge in [0.15, 0.2) is 0 Å². The second-order valence-electron chi connectivity index (χ2n) is 4.39. The summed E-state index contributed by atoms with van der Waals surface area (Å²) in [6.07, 6.45) is 3.26. The maximum Gasteiger partial charge on any atom is 0.0703 e. The average molecular weight is 191 g/mol. The summed E-state index contributed by atoms with van der Waals surface area (Å²) < 4.78 is 0. The molecule has 2 unspecified atom stereocenters. The molecule has 1 aliphatic carbocycles. The maximum absolute atomic E-state index is 10.2. The first kappa shape index (κ1) is 9.69. The van der Waals surface area contributed by atoms with E-state index >= 15 is 0 Å². The predicted molar refractivity (Wildman–Crippen MR) is 56.9 cm³/mol. The van der Waals surface area contributed by atoms with E-state index in [1.165, 1.54) is 5.56 Å². The van der Waals surface area contributed by atoms with E-state index in [0.717, 1.165) is 25.7 Å². The zero-order valence-corrected chi connectivity index (χ0v) is 8.32. The van der Waals surface area contributed by atoms with Crippen molar-refractivity contribution in [2.45, 2.75) is 37.3 Å². The van der Waals surface area contributed by atoms with Crippen LogP contribution in [0.25, 0.3) is 0 Å². The van der Waals surface area contributed by atoms with Gasteiger partial charge in [0, 0.05) is 12.5 Å². The molecule has 2 heteroatoms. The molecule has 0 bridgehead atoms. The smallest absolute Gasteiger partial charge is 0.0703 e. The fourth-order valence-electron chi connectivity index (χ4n) is 2.28. The lowest BCUT2D eigenvalue weighted by Crippen LogP contribution is -2.30. The minimum Gasteiger partial charge on any atom is -0.389 e. The summed E-state index contributed by atoms with van der Waals surface area (Å²) in [6.45, 7) is 0. The van der Waals surface area contributed by atoms with Crippen LogP contribution >= 0.6 is 0 Å². The molecule has 1 fully saturated rings. The molecule has 0 radical (unpaired) electrons. The van der Waals surface area contributed by atoms with Gasteiger partial charge in [-0.05, 0) is 24.8 Å². The van der Waals surface area contributed by atoms with Crippen molar-refractivity contribution in [2.75, 3.05) is 0 Å². The molecule has 0 heterocycles. The molecule has 0 aromatic heterocycles. The van der Waals surface area contributed by atoms with Crippen molar-refractivity contribution in [3.05, 3.63) is 35.9 Å². The van der Waals surface area contributed by atoms with Crippen molar-refractivity contribution < 1.29 is 5.11 Å². The summed E-state index contributed by atoms with van der Waals surface area (Å²) in [5, 5.41) is 10.2. The normalized spacial score (nSPS) is 32.0. The van der Waals surface area contributed by atoms with Gasteiger partial charge in [0.25, 0.3) is 0 Å². The number of rotatable bonds is 2. The third-order valence-corrected chi connectivity index (χ3v) is 3.00. The Labute approximate surface area is 84.7 Å². The highest BCUT2D eigenvalue weighted by Gasteiger charge is 2.35. The highest BCUT2D eigenvalue weighted by atomic mass is 16.3. The van der Waals surface area contributed by atoms with Gasteiger partial charge < -0.3 is 10.8 Å². The largest absolute Gasteiger partial charge is 0.389 e. The molecule has 0 spiro atoms. The van der Waals surface area contributed by atoms with Crippen molar-refractivity contribution in [2.24, 2.45) is 5.73 Å². The van der Waals surface area contributed by atoms with E-state index in [4.69, 9.17) is 5.73 Å². The highest BCUT2D eigenvalue weighted by Crippen LogP contribution is 2.31. The van der Waals surface area contributed by atoms with Gasteiger partial charge in [0.05, 0.1) is 5.60 Å². The van der Waals surface area contributed by atoms with Crippen molar-refractivity contribution >= 4 is 0 Å². The number of aliphatic hydroxyl groups is 1. The second kappa shape index (κ2) is 3.71. The van der Waals surface area contributed by atoms with Crippen molar-refractivity contribution in [1.82, 2.24) is 0 Å². The predicted octanol–water partition coefficient (Wildman–Crippen LogP) is 1.47. The molecule has 0 aliphatic heterocycles. The zero-order chi connectivity index (χ0) is 10.0. The molecule has 1 saturated carbocycles. The molecule has 3 N–H and O–H groups in total. The SMILES string of the molecule is NC1CCC(O)(Cc2ccccc2)C1. The summed E-state index contributed by atoms with van der Waals surface area (Å²) >= 11 is 0. The van der Waals surface area contributed by atoms with Gasteiger partial charge in [0.2, 0.25) is 0 Å². The van der Waals surface area contributed by atoms with Crippen LogP contribution in [-0.4, -0.2) is 16.7 Å². The van der Waals surface area contributed by atoms with Crippen LogP contribution in [0, 0.1) is 0 Å². The molecular weight excluding hydrogens is 174 g/mol. The van der Waals surface area contributed by atoms with E-state index < -0.39 is 5.60 Å². The molecule has 1 aromatic rings. The van der Waals surface area contributed by atoms with Gasteiger partial charge in [-0.15, -0.1) is 0 Å². The van der Waals surface area contributed by atoms with E-state index in [1.807, 2.05) is 18.2 Å². The van der Waals surface area contributed by atoms with Gasteiger partial charge in [-0.3, -0.25) is 0 Å². The van der Waals surface area contributed by atoms with Crippen molar-refractivity contribution in [3.63, 3.8) is 0 Å². The second-order valence-corrected chi connectivity index (χ2v) is 4.39. The van der Waals surface area contributed by atoms with Crippen LogP contribution in [0.5, 0.6) is 0 Å². The average Bonchev–Trinajstić information content (AvgIpc) is 2.47. The Morgan fingerprint density at radius 2 is 2.07 bits per heavy atom. The Balaban J connectivity index is 2.04. The Morgan fingerprint density at radius 1 is 1.36 bits per heavy atom. The highest BCUT2D eigenvalue weighted by molar-refractivity contribution is 5.17. The molecule has 2 nitrogen and oxygen atoms in total. The van der Waals surface area contributed by atoms with Gasteiger partial charge in [0.1, 0.15) is 0 Å². The van der Waals surface area contributed by atoms with Crippen molar-refractivity contribution in [3.8, 4) is 0 Å². The number of nitrogens with two attached hydrogens (primary N) is 1.